The smallest absolute Gasteiger partial charge is 0.295 e. The Balaban J connectivity index is 2.08. The number of likely N-dealkylation sites (tertiary alicyclic amines) is 1. The van der Waals surface area contributed by atoms with Crippen molar-refractivity contribution in [2.75, 3.05) is 33.8 Å². The van der Waals surface area contributed by atoms with Gasteiger partial charge in [-0.1, -0.05) is 13.8 Å². The number of nitro groups is 1. The van der Waals surface area contributed by atoms with Crippen LogP contribution in [0.3, 0.4) is 0 Å². The number of carbonyl (C=O) groups excluding carboxylic acids is 2. The van der Waals surface area contributed by atoms with E-state index in [1.54, 1.807) is 18.2 Å². The van der Waals surface area contributed by atoms with Crippen LogP contribution in [-0.4, -0.2) is 65.3 Å². The second kappa shape index (κ2) is 10.7. The summed E-state index contributed by atoms with van der Waals surface area (Å²) >= 11 is 0. The molecule has 1 fully saturated rings. The Kier molecular flexibility index (Phi) is 7.91. The van der Waals surface area contributed by atoms with E-state index < -0.39 is 22.7 Å². The lowest BCUT2D eigenvalue weighted by Crippen LogP contribution is -2.35. The number of rotatable bonds is 9. The van der Waals surface area contributed by atoms with Gasteiger partial charge in [-0.25, -0.2) is 0 Å². The SMILES string of the molecule is Cc1cc(/C(O)=C2\C(=O)C(=O)N(CCN(C)C)[C@@H]2c2ccc([N+](=O)[O-])cc2)ccc1OCC(C)C. The highest BCUT2D eigenvalue weighted by Gasteiger charge is 2.46. The number of ether oxygens (including phenoxy) is 1. The largest absolute Gasteiger partial charge is 0.507 e. The van der Waals surface area contributed by atoms with Gasteiger partial charge in [0, 0.05) is 30.8 Å². The second-order valence-corrected chi connectivity index (χ2v) is 9.33. The molecule has 1 heterocycles. The van der Waals surface area contributed by atoms with Gasteiger partial charge >= 0.3 is 0 Å². The molecule has 1 atom stereocenters. The number of aryl methyl sites for hydroxylation is 1. The van der Waals surface area contributed by atoms with E-state index in [0.717, 1.165) is 5.56 Å². The summed E-state index contributed by atoms with van der Waals surface area (Å²) in [5.74, 6) is -0.777. The molecule has 9 nitrogen and oxygen atoms in total. The molecule has 1 aliphatic heterocycles. The summed E-state index contributed by atoms with van der Waals surface area (Å²) in [5, 5.41) is 22.3. The zero-order valence-corrected chi connectivity index (χ0v) is 20.6. The Morgan fingerprint density at radius 2 is 1.83 bits per heavy atom. The first kappa shape index (κ1) is 25.9. The molecule has 1 N–H and O–H groups in total. The number of hydrogen-bond donors (Lipinski definition) is 1. The van der Waals surface area contributed by atoms with Crippen molar-refractivity contribution >= 4 is 23.1 Å². The predicted molar refractivity (Wildman–Crippen MR) is 132 cm³/mol. The summed E-state index contributed by atoms with van der Waals surface area (Å²) in [6, 6.07) is 9.91. The molecule has 2 aromatic rings. The summed E-state index contributed by atoms with van der Waals surface area (Å²) in [4.78, 5) is 40.0. The summed E-state index contributed by atoms with van der Waals surface area (Å²) in [7, 11) is 3.70. The van der Waals surface area contributed by atoms with Gasteiger partial charge in [-0.3, -0.25) is 19.7 Å². The van der Waals surface area contributed by atoms with Gasteiger partial charge in [-0.2, -0.15) is 0 Å². The third-order valence-corrected chi connectivity index (χ3v) is 5.77. The van der Waals surface area contributed by atoms with Gasteiger partial charge in [0.15, 0.2) is 0 Å². The van der Waals surface area contributed by atoms with E-state index in [1.165, 1.54) is 29.2 Å². The van der Waals surface area contributed by atoms with Crippen LogP contribution in [0.25, 0.3) is 5.76 Å². The minimum atomic E-state index is -0.868. The molecule has 0 unspecified atom stereocenters. The molecule has 9 heteroatoms. The number of nitrogens with zero attached hydrogens (tertiary/aromatic N) is 3. The number of hydrogen-bond acceptors (Lipinski definition) is 7. The topological polar surface area (TPSA) is 113 Å². The van der Waals surface area contributed by atoms with Crippen molar-refractivity contribution in [3.05, 3.63) is 74.8 Å². The van der Waals surface area contributed by atoms with Gasteiger partial charge < -0.3 is 19.6 Å². The zero-order valence-electron chi connectivity index (χ0n) is 20.6. The minimum absolute atomic E-state index is 0.0437. The lowest BCUT2D eigenvalue weighted by molar-refractivity contribution is -0.384. The molecule has 0 saturated carbocycles. The fourth-order valence-corrected chi connectivity index (χ4v) is 3.91. The number of amides is 1. The summed E-state index contributed by atoms with van der Waals surface area (Å²) in [5.41, 5.74) is 1.52. The highest BCUT2D eigenvalue weighted by Crippen LogP contribution is 2.40. The number of ketones is 1. The predicted octanol–water partition coefficient (Wildman–Crippen LogP) is 3.92. The van der Waals surface area contributed by atoms with E-state index in [1.807, 2.05) is 39.8 Å². The van der Waals surface area contributed by atoms with Crippen LogP contribution in [0, 0.1) is 23.0 Å². The molecule has 35 heavy (non-hydrogen) atoms. The Bertz CT molecular complexity index is 1150. The fraction of sp³-hybridized carbons (Fsp3) is 0.385. The number of aliphatic hydroxyl groups is 1. The number of non-ortho nitro benzene ring substituents is 1. The Labute approximate surface area is 204 Å². The molecule has 0 spiro atoms. The van der Waals surface area contributed by atoms with Crippen molar-refractivity contribution in [3.8, 4) is 5.75 Å². The van der Waals surface area contributed by atoms with Crippen molar-refractivity contribution in [2.45, 2.75) is 26.8 Å². The number of benzene rings is 2. The van der Waals surface area contributed by atoms with Crippen molar-refractivity contribution in [1.82, 2.24) is 9.80 Å². The number of carbonyl (C=O) groups is 2. The highest BCUT2D eigenvalue weighted by atomic mass is 16.6. The molecule has 0 aliphatic carbocycles. The first-order chi connectivity index (χ1) is 16.5. The van der Waals surface area contributed by atoms with Crippen LogP contribution in [0.2, 0.25) is 0 Å². The van der Waals surface area contributed by atoms with Crippen LogP contribution in [0.5, 0.6) is 5.75 Å². The van der Waals surface area contributed by atoms with Gasteiger partial charge in [-0.15, -0.1) is 0 Å². The molecule has 186 valence electrons. The molecule has 2 aromatic carbocycles. The molecule has 0 radical (unpaired) electrons. The molecule has 1 amide bonds. The Morgan fingerprint density at radius 3 is 2.37 bits per heavy atom. The zero-order chi connectivity index (χ0) is 25.9. The summed E-state index contributed by atoms with van der Waals surface area (Å²) in [6.45, 7) is 7.22. The van der Waals surface area contributed by atoms with Crippen molar-refractivity contribution < 1.29 is 24.4 Å². The lowest BCUT2D eigenvalue weighted by atomic mass is 9.94. The average molecular weight is 482 g/mol. The van der Waals surface area contributed by atoms with Gasteiger partial charge in [0.1, 0.15) is 11.5 Å². The highest BCUT2D eigenvalue weighted by molar-refractivity contribution is 6.46. The van der Waals surface area contributed by atoms with Crippen LogP contribution in [0.15, 0.2) is 48.0 Å². The lowest BCUT2D eigenvalue weighted by Gasteiger charge is -2.26. The van der Waals surface area contributed by atoms with Crippen LogP contribution in [-0.2, 0) is 9.59 Å². The second-order valence-electron chi connectivity index (χ2n) is 9.33. The number of likely N-dealkylation sites (N-methyl/N-ethyl adjacent to an activating group) is 1. The van der Waals surface area contributed by atoms with Gasteiger partial charge in [0.05, 0.1) is 23.1 Å². The van der Waals surface area contributed by atoms with Crippen molar-refractivity contribution in [3.63, 3.8) is 0 Å². The van der Waals surface area contributed by atoms with Crippen LogP contribution < -0.4 is 4.74 Å². The maximum atomic E-state index is 13.1. The van der Waals surface area contributed by atoms with E-state index in [4.69, 9.17) is 4.74 Å². The Morgan fingerprint density at radius 1 is 1.17 bits per heavy atom. The third-order valence-electron chi connectivity index (χ3n) is 5.77. The van der Waals surface area contributed by atoms with Gasteiger partial charge in [-0.05, 0) is 68.4 Å². The number of nitro benzene ring substituents is 1. The molecular formula is C26H31N3O6. The number of aliphatic hydroxyl groups excluding tert-OH is 1. The van der Waals surface area contributed by atoms with Gasteiger partial charge in [0.2, 0.25) is 0 Å². The minimum Gasteiger partial charge on any atom is -0.507 e. The molecule has 0 aromatic heterocycles. The standard InChI is InChI=1S/C26H31N3O6/c1-16(2)15-35-21-11-8-19(14-17(21)3)24(30)22-23(18-6-9-20(10-7-18)29(33)34)28(13-12-27(4)5)26(32)25(22)31/h6-11,14,16,23,30H,12-13,15H2,1-5H3/b24-22+/t23-/m1/s1. The van der Waals surface area contributed by atoms with E-state index >= 15 is 0 Å². The monoisotopic (exact) mass is 481 g/mol. The molecule has 3 rings (SSSR count). The maximum absolute atomic E-state index is 13.1. The van der Waals surface area contributed by atoms with Crippen molar-refractivity contribution in [2.24, 2.45) is 5.92 Å². The first-order valence-electron chi connectivity index (χ1n) is 11.4. The normalized spacial score (nSPS) is 17.5. The van der Waals surface area contributed by atoms with Crippen LogP contribution >= 0.6 is 0 Å². The quantitative estimate of drug-likeness (QED) is 0.190. The fourth-order valence-electron chi connectivity index (χ4n) is 3.91. The van der Waals surface area contributed by atoms with E-state index in [2.05, 4.69) is 0 Å². The van der Waals surface area contributed by atoms with E-state index in [-0.39, 0.29) is 23.6 Å². The Hall–Kier alpha value is -3.72. The average Bonchev–Trinajstić information content (AvgIpc) is 3.06. The summed E-state index contributed by atoms with van der Waals surface area (Å²) in [6.07, 6.45) is 0. The first-order valence-corrected chi connectivity index (χ1v) is 11.4. The van der Waals surface area contributed by atoms with Gasteiger partial charge in [0.25, 0.3) is 17.4 Å². The maximum Gasteiger partial charge on any atom is 0.295 e. The summed E-state index contributed by atoms with van der Waals surface area (Å²) < 4.78 is 5.80. The third kappa shape index (κ3) is 5.68. The molecule has 1 saturated heterocycles. The molecule has 1 aliphatic rings. The van der Waals surface area contributed by atoms with Crippen LogP contribution in [0.4, 0.5) is 5.69 Å². The van der Waals surface area contributed by atoms with Crippen molar-refractivity contribution in [1.29, 1.82) is 0 Å². The van der Waals surface area contributed by atoms with Crippen LogP contribution in [0.1, 0.15) is 36.6 Å². The van der Waals surface area contributed by atoms with E-state index in [9.17, 15) is 24.8 Å². The molecular weight excluding hydrogens is 450 g/mol. The molecule has 0 bridgehead atoms. The number of Topliss-reactive ketones (excluding diaryl/α,β-unsaturated/α-hetero) is 1. The van der Waals surface area contributed by atoms with E-state index in [0.29, 0.717) is 35.9 Å².